The highest BCUT2D eigenvalue weighted by Crippen LogP contribution is 2.40. The van der Waals surface area contributed by atoms with Crippen molar-refractivity contribution in [1.82, 2.24) is 0 Å². The lowest BCUT2D eigenvalue weighted by molar-refractivity contribution is -0.114. The number of carbonyl (C=O) groups excluding carboxylic acids is 2. The predicted octanol–water partition coefficient (Wildman–Crippen LogP) is 3.01. The van der Waals surface area contributed by atoms with Crippen LogP contribution in [0.1, 0.15) is 47.5 Å². The third kappa shape index (κ3) is 2.81. The molecule has 0 aromatic carbocycles. The molecule has 19 heavy (non-hydrogen) atoms. The number of anilines is 1. The molecule has 0 radical (unpaired) electrons. The zero-order valence-corrected chi connectivity index (χ0v) is 12.4. The maximum absolute atomic E-state index is 11.9. The zero-order valence-electron chi connectivity index (χ0n) is 11.5. The second kappa shape index (κ2) is 5.74. The number of methoxy groups -OCH3 is 1. The van der Waals surface area contributed by atoms with E-state index in [4.69, 9.17) is 4.74 Å². The quantitative estimate of drug-likeness (QED) is 0.866. The first-order valence-corrected chi connectivity index (χ1v) is 7.38. The molecule has 0 saturated carbocycles. The van der Waals surface area contributed by atoms with E-state index in [9.17, 15) is 9.59 Å². The van der Waals surface area contributed by atoms with Gasteiger partial charge in [-0.15, -0.1) is 11.3 Å². The number of amides is 1. The summed E-state index contributed by atoms with van der Waals surface area (Å²) < 4.78 is 4.85. The van der Waals surface area contributed by atoms with Gasteiger partial charge in [0.15, 0.2) is 0 Å². The molecule has 1 aliphatic carbocycles. The van der Waals surface area contributed by atoms with Gasteiger partial charge in [-0.1, -0.05) is 13.3 Å². The minimum absolute atomic E-state index is 0.157. The summed E-state index contributed by atoms with van der Waals surface area (Å²) in [6.07, 6.45) is 4.15. The van der Waals surface area contributed by atoms with Gasteiger partial charge in [0, 0.05) is 11.8 Å². The highest BCUT2D eigenvalue weighted by Gasteiger charge is 2.29. The van der Waals surface area contributed by atoms with E-state index in [1.165, 1.54) is 30.2 Å². The van der Waals surface area contributed by atoms with Crippen LogP contribution in [0.25, 0.3) is 0 Å². The fraction of sp³-hybridized carbons (Fsp3) is 0.571. The fourth-order valence-corrected chi connectivity index (χ4v) is 3.96. The van der Waals surface area contributed by atoms with Gasteiger partial charge in [0.05, 0.1) is 12.7 Å². The molecule has 1 aliphatic rings. The van der Waals surface area contributed by atoms with Crippen LogP contribution in [0.2, 0.25) is 0 Å². The average molecular weight is 281 g/mol. The van der Waals surface area contributed by atoms with Crippen molar-refractivity contribution in [2.45, 2.75) is 39.5 Å². The lowest BCUT2D eigenvalue weighted by atomic mass is 9.86. The molecule has 0 fully saturated rings. The SMILES string of the molecule is CCC1CCc2c(sc(NC(C)=O)c2C(=O)OC)C1. The molecule has 1 amide bonds. The number of hydrogen-bond acceptors (Lipinski definition) is 4. The third-order valence-electron chi connectivity index (χ3n) is 3.62. The van der Waals surface area contributed by atoms with Crippen LogP contribution in [-0.2, 0) is 22.4 Å². The van der Waals surface area contributed by atoms with Crippen molar-refractivity contribution in [1.29, 1.82) is 0 Å². The summed E-state index contributed by atoms with van der Waals surface area (Å²) in [4.78, 5) is 24.4. The first-order chi connectivity index (χ1) is 9.06. The summed E-state index contributed by atoms with van der Waals surface area (Å²) in [5, 5.41) is 3.40. The molecule has 104 valence electrons. The number of rotatable bonds is 3. The minimum Gasteiger partial charge on any atom is -0.465 e. The van der Waals surface area contributed by atoms with Crippen molar-refractivity contribution in [3.05, 3.63) is 16.0 Å². The molecule has 1 aromatic heterocycles. The van der Waals surface area contributed by atoms with Gasteiger partial charge in [0.25, 0.3) is 0 Å². The van der Waals surface area contributed by atoms with Crippen LogP contribution in [0.4, 0.5) is 5.00 Å². The molecule has 0 spiro atoms. The number of carbonyl (C=O) groups is 2. The Kier molecular flexibility index (Phi) is 4.24. The Bertz CT molecular complexity index is 507. The van der Waals surface area contributed by atoms with E-state index in [-0.39, 0.29) is 11.9 Å². The first kappa shape index (κ1) is 14.1. The Hall–Kier alpha value is -1.36. The lowest BCUT2D eigenvalue weighted by Crippen LogP contribution is -2.15. The van der Waals surface area contributed by atoms with Crippen molar-refractivity contribution >= 4 is 28.2 Å². The summed E-state index contributed by atoms with van der Waals surface area (Å²) in [7, 11) is 1.38. The first-order valence-electron chi connectivity index (χ1n) is 6.57. The molecular weight excluding hydrogens is 262 g/mol. The maximum atomic E-state index is 11.9. The maximum Gasteiger partial charge on any atom is 0.341 e. The highest BCUT2D eigenvalue weighted by molar-refractivity contribution is 7.17. The van der Waals surface area contributed by atoms with Crippen LogP contribution in [0.3, 0.4) is 0 Å². The van der Waals surface area contributed by atoms with E-state index in [0.717, 1.165) is 31.2 Å². The molecule has 1 heterocycles. The second-order valence-electron chi connectivity index (χ2n) is 4.90. The molecule has 0 bridgehead atoms. The van der Waals surface area contributed by atoms with E-state index < -0.39 is 0 Å². The number of esters is 1. The van der Waals surface area contributed by atoms with Gasteiger partial charge in [-0.05, 0) is 30.7 Å². The third-order valence-corrected chi connectivity index (χ3v) is 4.79. The summed E-state index contributed by atoms with van der Waals surface area (Å²) in [5.74, 6) is 0.175. The summed E-state index contributed by atoms with van der Waals surface area (Å²) >= 11 is 1.52. The zero-order chi connectivity index (χ0) is 14.0. The number of fused-ring (bicyclic) bond motifs is 1. The van der Waals surface area contributed by atoms with Crippen LogP contribution in [0, 0.1) is 5.92 Å². The van der Waals surface area contributed by atoms with E-state index in [0.29, 0.717) is 16.5 Å². The van der Waals surface area contributed by atoms with Crippen LogP contribution in [0.15, 0.2) is 0 Å². The van der Waals surface area contributed by atoms with E-state index in [1.807, 2.05) is 0 Å². The topological polar surface area (TPSA) is 55.4 Å². The van der Waals surface area contributed by atoms with Gasteiger partial charge in [0.2, 0.25) is 5.91 Å². The van der Waals surface area contributed by atoms with E-state index >= 15 is 0 Å². The Balaban J connectivity index is 2.41. The van der Waals surface area contributed by atoms with Gasteiger partial charge >= 0.3 is 5.97 Å². The molecule has 1 unspecified atom stereocenters. The Morgan fingerprint density at radius 2 is 2.21 bits per heavy atom. The van der Waals surface area contributed by atoms with Gasteiger partial charge in [-0.2, -0.15) is 0 Å². The van der Waals surface area contributed by atoms with Gasteiger partial charge in [0.1, 0.15) is 5.00 Å². The summed E-state index contributed by atoms with van der Waals surface area (Å²) in [5.41, 5.74) is 1.64. The highest BCUT2D eigenvalue weighted by atomic mass is 32.1. The largest absolute Gasteiger partial charge is 0.465 e. The molecular formula is C14H19NO3S. The standard InChI is InChI=1S/C14H19NO3S/c1-4-9-5-6-10-11(7-9)19-13(15-8(2)16)12(10)14(17)18-3/h9H,4-7H2,1-3H3,(H,15,16). The Labute approximate surface area is 117 Å². The van der Waals surface area contributed by atoms with E-state index in [1.54, 1.807) is 0 Å². The van der Waals surface area contributed by atoms with Crippen molar-refractivity contribution < 1.29 is 14.3 Å². The van der Waals surface area contributed by atoms with Gasteiger partial charge < -0.3 is 10.1 Å². The smallest absolute Gasteiger partial charge is 0.341 e. The average Bonchev–Trinajstić information content (AvgIpc) is 2.73. The van der Waals surface area contributed by atoms with Crippen LogP contribution in [-0.4, -0.2) is 19.0 Å². The summed E-state index contributed by atoms with van der Waals surface area (Å²) in [6, 6.07) is 0. The monoisotopic (exact) mass is 281 g/mol. The Morgan fingerprint density at radius 1 is 1.47 bits per heavy atom. The molecule has 2 rings (SSSR count). The van der Waals surface area contributed by atoms with Crippen molar-refractivity contribution in [2.75, 3.05) is 12.4 Å². The molecule has 1 aromatic rings. The van der Waals surface area contributed by atoms with Gasteiger partial charge in [-0.3, -0.25) is 4.79 Å². The second-order valence-corrected chi connectivity index (χ2v) is 6.00. The lowest BCUT2D eigenvalue weighted by Gasteiger charge is -2.20. The number of nitrogens with one attached hydrogen (secondary N) is 1. The van der Waals surface area contributed by atoms with Gasteiger partial charge in [-0.25, -0.2) is 4.79 Å². The van der Waals surface area contributed by atoms with Crippen LogP contribution >= 0.6 is 11.3 Å². The van der Waals surface area contributed by atoms with Crippen molar-refractivity contribution in [3.63, 3.8) is 0 Å². The molecule has 0 saturated heterocycles. The fourth-order valence-electron chi connectivity index (χ4n) is 2.57. The van der Waals surface area contributed by atoms with Crippen molar-refractivity contribution in [3.8, 4) is 0 Å². The number of hydrogen-bond donors (Lipinski definition) is 1. The normalized spacial score (nSPS) is 17.7. The molecule has 5 heteroatoms. The number of ether oxygens (including phenoxy) is 1. The Morgan fingerprint density at radius 3 is 2.79 bits per heavy atom. The predicted molar refractivity (Wildman–Crippen MR) is 75.8 cm³/mol. The van der Waals surface area contributed by atoms with Crippen LogP contribution < -0.4 is 5.32 Å². The van der Waals surface area contributed by atoms with Crippen LogP contribution in [0.5, 0.6) is 0 Å². The number of thiophene rings is 1. The van der Waals surface area contributed by atoms with Crippen molar-refractivity contribution in [2.24, 2.45) is 5.92 Å². The van der Waals surface area contributed by atoms with E-state index in [2.05, 4.69) is 12.2 Å². The molecule has 4 nitrogen and oxygen atoms in total. The molecule has 1 N–H and O–H groups in total. The molecule has 0 aliphatic heterocycles. The summed E-state index contributed by atoms with van der Waals surface area (Å²) in [6.45, 7) is 3.65. The minimum atomic E-state index is -0.351. The molecule has 1 atom stereocenters.